The standard InChI is InChI=1S/C26H32N6O5/c1-35-21-16-18(2-3-20(21)30-11-14-36-15-12-30)27-24-28-19-4-13-37-22(19)23(29-24)31-8-5-26(6-9-31)7-10-32(17-26)25(33)34/h2-4,13,16H,5-12,14-15,17H2,1H3,(H,33,34)(H,27,28,29). The van der Waals surface area contributed by atoms with Gasteiger partial charge in [-0.1, -0.05) is 0 Å². The smallest absolute Gasteiger partial charge is 0.407 e. The number of furan rings is 1. The first-order valence-electron chi connectivity index (χ1n) is 12.8. The van der Waals surface area contributed by atoms with Gasteiger partial charge < -0.3 is 39.0 Å². The van der Waals surface area contributed by atoms with Crippen molar-refractivity contribution in [3.05, 3.63) is 30.5 Å². The van der Waals surface area contributed by atoms with E-state index in [1.807, 2.05) is 18.2 Å². The number of ether oxygens (including phenoxy) is 2. The molecule has 37 heavy (non-hydrogen) atoms. The van der Waals surface area contributed by atoms with Crippen molar-refractivity contribution in [2.45, 2.75) is 19.3 Å². The Bertz CT molecular complexity index is 1280. The lowest BCUT2D eigenvalue weighted by Gasteiger charge is -2.39. The van der Waals surface area contributed by atoms with Crippen molar-refractivity contribution in [3.8, 4) is 5.75 Å². The number of anilines is 4. The molecular weight excluding hydrogens is 476 g/mol. The Morgan fingerprint density at radius 1 is 1.05 bits per heavy atom. The molecule has 196 valence electrons. The third-order valence-corrected chi connectivity index (χ3v) is 7.91. The summed E-state index contributed by atoms with van der Waals surface area (Å²) in [4.78, 5) is 27.0. The van der Waals surface area contributed by atoms with Crippen LogP contribution in [0.2, 0.25) is 0 Å². The van der Waals surface area contributed by atoms with Crippen LogP contribution in [0.15, 0.2) is 34.9 Å². The van der Waals surface area contributed by atoms with Crippen molar-refractivity contribution >= 4 is 40.3 Å². The maximum absolute atomic E-state index is 11.4. The van der Waals surface area contributed by atoms with Gasteiger partial charge in [0.2, 0.25) is 5.95 Å². The highest BCUT2D eigenvalue weighted by Gasteiger charge is 2.42. The second kappa shape index (κ2) is 9.62. The highest BCUT2D eigenvalue weighted by atomic mass is 16.5. The lowest BCUT2D eigenvalue weighted by atomic mass is 9.78. The van der Waals surface area contributed by atoms with Crippen LogP contribution >= 0.6 is 0 Å². The number of piperidine rings is 1. The summed E-state index contributed by atoms with van der Waals surface area (Å²) in [5, 5.41) is 12.7. The van der Waals surface area contributed by atoms with Crippen molar-refractivity contribution in [1.29, 1.82) is 0 Å². The molecule has 3 aliphatic heterocycles. The number of nitrogens with one attached hydrogen (secondary N) is 1. The minimum atomic E-state index is -0.822. The summed E-state index contributed by atoms with van der Waals surface area (Å²) in [6.45, 7) is 5.90. The lowest BCUT2D eigenvalue weighted by molar-refractivity contribution is 0.122. The Hall–Kier alpha value is -3.73. The SMILES string of the molecule is COc1cc(Nc2nc(N3CCC4(CCN(C(=O)O)C4)CC3)c3occc3n2)ccc1N1CCOCC1. The van der Waals surface area contributed by atoms with Crippen LogP contribution in [0, 0.1) is 5.41 Å². The molecule has 6 rings (SSSR count). The Morgan fingerprint density at radius 2 is 1.84 bits per heavy atom. The number of carbonyl (C=O) groups is 1. The van der Waals surface area contributed by atoms with Crippen molar-refractivity contribution < 1.29 is 23.8 Å². The van der Waals surface area contributed by atoms with Crippen LogP contribution in [0.5, 0.6) is 5.75 Å². The molecule has 3 saturated heterocycles. The summed E-state index contributed by atoms with van der Waals surface area (Å²) >= 11 is 0. The molecule has 2 N–H and O–H groups in total. The van der Waals surface area contributed by atoms with E-state index in [2.05, 4.69) is 26.2 Å². The van der Waals surface area contributed by atoms with E-state index in [9.17, 15) is 9.90 Å². The van der Waals surface area contributed by atoms with Crippen molar-refractivity contribution in [3.63, 3.8) is 0 Å². The lowest BCUT2D eigenvalue weighted by Crippen LogP contribution is -2.42. The van der Waals surface area contributed by atoms with Crippen LogP contribution in [-0.2, 0) is 4.74 Å². The van der Waals surface area contributed by atoms with Gasteiger partial charge in [0.15, 0.2) is 11.4 Å². The molecule has 0 bridgehead atoms. The number of morpholine rings is 1. The molecule has 0 saturated carbocycles. The number of nitrogens with zero attached hydrogens (tertiary/aromatic N) is 5. The summed E-state index contributed by atoms with van der Waals surface area (Å²) < 4.78 is 17.0. The summed E-state index contributed by atoms with van der Waals surface area (Å²) in [6, 6.07) is 7.87. The molecule has 3 aromatic rings. The zero-order valence-electron chi connectivity index (χ0n) is 21.0. The van der Waals surface area contributed by atoms with Gasteiger partial charge in [0, 0.05) is 57.1 Å². The van der Waals surface area contributed by atoms with Crippen molar-refractivity contribution in [2.75, 3.05) is 74.7 Å². The van der Waals surface area contributed by atoms with Gasteiger partial charge >= 0.3 is 6.09 Å². The molecular formula is C26H32N6O5. The fourth-order valence-corrected chi connectivity index (χ4v) is 5.77. The number of hydrogen-bond donors (Lipinski definition) is 2. The first kappa shape index (κ1) is 23.7. The predicted octanol–water partition coefficient (Wildman–Crippen LogP) is 3.78. The van der Waals surface area contributed by atoms with Gasteiger partial charge in [0.25, 0.3) is 0 Å². The minimum absolute atomic E-state index is 0.0596. The van der Waals surface area contributed by atoms with Gasteiger partial charge in [0.05, 0.1) is 32.3 Å². The normalized spacial score (nSPS) is 19.5. The molecule has 0 aliphatic carbocycles. The maximum Gasteiger partial charge on any atom is 0.407 e. The third kappa shape index (κ3) is 4.59. The van der Waals surface area contributed by atoms with E-state index in [1.54, 1.807) is 18.3 Å². The molecule has 5 heterocycles. The van der Waals surface area contributed by atoms with Crippen molar-refractivity contribution in [2.24, 2.45) is 5.41 Å². The number of carboxylic acid groups (broad SMARTS) is 1. The molecule has 0 unspecified atom stereocenters. The van der Waals surface area contributed by atoms with Gasteiger partial charge in [-0.3, -0.25) is 0 Å². The minimum Gasteiger partial charge on any atom is -0.495 e. The summed E-state index contributed by atoms with van der Waals surface area (Å²) in [6.07, 6.45) is 3.58. The van der Waals surface area contributed by atoms with Gasteiger partial charge in [-0.25, -0.2) is 9.78 Å². The average molecular weight is 509 g/mol. The number of amides is 1. The van der Waals surface area contributed by atoms with E-state index in [4.69, 9.17) is 18.9 Å². The maximum atomic E-state index is 11.4. The quantitative estimate of drug-likeness (QED) is 0.527. The first-order chi connectivity index (χ1) is 18.0. The Balaban J connectivity index is 1.22. The topological polar surface area (TPSA) is 116 Å². The van der Waals surface area contributed by atoms with Crippen LogP contribution in [-0.4, -0.2) is 85.7 Å². The van der Waals surface area contributed by atoms with Gasteiger partial charge in [-0.15, -0.1) is 0 Å². The van der Waals surface area contributed by atoms with Gasteiger partial charge in [-0.2, -0.15) is 4.98 Å². The number of benzene rings is 1. The fourth-order valence-electron chi connectivity index (χ4n) is 5.77. The zero-order valence-corrected chi connectivity index (χ0v) is 21.0. The molecule has 11 nitrogen and oxygen atoms in total. The monoisotopic (exact) mass is 508 g/mol. The second-order valence-corrected chi connectivity index (χ2v) is 10.1. The van der Waals surface area contributed by atoms with E-state index < -0.39 is 6.09 Å². The Kier molecular flexibility index (Phi) is 6.15. The summed E-state index contributed by atoms with van der Waals surface area (Å²) in [5.41, 5.74) is 3.34. The van der Waals surface area contributed by atoms with Gasteiger partial charge in [-0.05, 0) is 36.8 Å². The number of fused-ring (bicyclic) bond motifs is 1. The molecule has 1 amide bonds. The summed E-state index contributed by atoms with van der Waals surface area (Å²) in [5.74, 6) is 2.03. The molecule has 3 aliphatic rings. The number of hydrogen-bond acceptors (Lipinski definition) is 9. The highest BCUT2D eigenvalue weighted by molar-refractivity contribution is 5.86. The fraction of sp³-hybridized carbons (Fsp3) is 0.500. The van der Waals surface area contributed by atoms with Crippen LogP contribution in [0.1, 0.15) is 19.3 Å². The van der Waals surface area contributed by atoms with E-state index in [0.29, 0.717) is 37.8 Å². The number of methoxy groups -OCH3 is 1. The number of aromatic nitrogens is 2. The number of likely N-dealkylation sites (tertiary alicyclic amines) is 1. The molecule has 11 heteroatoms. The van der Waals surface area contributed by atoms with Crippen molar-refractivity contribution in [1.82, 2.24) is 14.9 Å². The second-order valence-electron chi connectivity index (χ2n) is 10.1. The molecule has 0 atom stereocenters. The average Bonchev–Trinajstić information content (AvgIpc) is 3.57. The van der Waals surface area contributed by atoms with E-state index >= 15 is 0 Å². The van der Waals surface area contributed by atoms with E-state index in [0.717, 1.165) is 73.9 Å². The Labute approximate surface area is 215 Å². The third-order valence-electron chi connectivity index (χ3n) is 7.91. The molecule has 1 spiro atoms. The largest absolute Gasteiger partial charge is 0.495 e. The van der Waals surface area contributed by atoms with Crippen LogP contribution in [0.3, 0.4) is 0 Å². The molecule has 2 aromatic heterocycles. The van der Waals surface area contributed by atoms with Crippen LogP contribution < -0.4 is 19.9 Å². The van der Waals surface area contributed by atoms with Crippen LogP contribution in [0.25, 0.3) is 11.1 Å². The highest BCUT2D eigenvalue weighted by Crippen LogP contribution is 2.42. The molecule has 1 aromatic carbocycles. The van der Waals surface area contributed by atoms with E-state index in [-0.39, 0.29) is 5.41 Å². The summed E-state index contributed by atoms with van der Waals surface area (Å²) in [7, 11) is 1.68. The Morgan fingerprint density at radius 3 is 2.57 bits per heavy atom. The zero-order chi connectivity index (χ0) is 25.4. The number of rotatable bonds is 5. The first-order valence-corrected chi connectivity index (χ1v) is 12.8. The van der Waals surface area contributed by atoms with E-state index in [1.165, 1.54) is 0 Å². The molecule has 3 fully saturated rings. The van der Waals surface area contributed by atoms with Gasteiger partial charge in [0.1, 0.15) is 11.3 Å². The predicted molar refractivity (Wildman–Crippen MR) is 139 cm³/mol. The van der Waals surface area contributed by atoms with Crippen LogP contribution in [0.4, 0.5) is 27.9 Å². The molecule has 0 radical (unpaired) electrons.